The maximum Gasteiger partial charge on any atom is 0.269 e. The summed E-state index contributed by atoms with van der Waals surface area (Å²) < 4.78 is 0. The van der Waals surface area contributed by atoms with Crippen molar-refractivity contribution in [2.75, 3.05) is 15.4 Å². The Balaban J connectivity index is 1.81. The molecule has 3 rings (SSSR count). The van der Waals surface area contributed by atoms with Crippen molar-refractivity contribution in [3.8, 4) is 0 Å². The summed E-state index contributed by atoms with van der Waals surface area (Å²) in [5.41, 5.74) is -0.256. The lowest BCUT2D eigenvalue weighted by atomic mass is 10.1. The number of benzene rings is 2. The molecule has 0 radical (unpaired) electrons. The van der Waals surface area contributed by atoms with Crippen LogP contribution in [-0.2, 0) is 9.59 Å². The van der Waals surface area contributed by atoms with Crippen LogP contribution in [0.1, 0.15) is 0 Å². The Morgan fingerprint density at radius 2 is 1.72 bits per heavy atom. The molecule has 3 N–H and O–H groups in total. The van der Waals surface area contributed by atoms with E-state index in [1.54, 1.807) is 0 Å². The van der Waals surface area contributed by atoms with Gasteiger partial charge in [0.2, 0.25) is 11.8 Å². The Morgan fingerprint density at radius 1 is 1.14 bits per heavy atom. The fraction of sp³-hybridized carbons (Fsp3) is 0.0588. The lowest BCUT2D eigenvalue weighted by molar-refractivity contribution is -0.384. The molecule has 29 heavy (non-hydrogen) atoms. The van der Waals surface area contributed by atoms with Gasteiger partial charge in [-0.15, -0.1) is 0 Å². The zero-order valence-electron chi connectivity index (χ0n) is 14.4. The average molecular weight is 400 g/mol. The predicted molar refractivity (Wildman–Crippen MR) is 96.4 cm³/mol. The molecule has 150 valence electrons. The van der Waals surface area contributed by atoms with E-state index in [-0.39, 0.29) is 28.0 Å². The highest BCUT2D eigenvalue weighted by molar-refractivity contribution is 6.16. The monoisotopic (exact) mass is 400 g/mol. The van der Waals surface area contributed by atoms with E-state index < -0.39 is 34.3 Å². The predicted octanol–water partition coefficient (Wildman–Crippen LogP) is 0.977. The van der Waals surface area contributed by atoms with Crippen molar-refractivity contribution in [3.05, 3.63) is 75.5 Å². The van der Waals surface area contributed by atoms with E-state index in [0.717, 1.165) is 24.3 Å². The number of nitrogens with one attached hydrogen (secondary N) is 1. The van der Waals surface area contributed by atoms with Crippen LogP contribution in [0.3, 0.4) is 0 Å². The van der Waals surface area contributed by atoms with Gasteiger partial charge < -0.3 is 26.0 Å². The minimum atomic E-state index is -1.86. The lowest BCUT2D eigenvalue weighted by Crippen LogP contribution is -2.36. The SMILES string of the molecule is O=C(Nc1ccc(N([O-])O)cc1)C1C(=O)N(c2ccc([N+](=O)[O-])cc2)C(O)=C1[O-]. The van der Waals surface area contributed by atoms with E-state index in [1.807, 2.05) is 0 Å². The number of non-ortho nitro benzene ring substituents is 1. The summed E-state index contributed by atoms with van der Waals surface area (Å²) in [6.07, 6.45) is 0. The van der Waals surface area contributed by atoms with Crippen molar-refractivity contribution in [2.45, 2.75) is 0 Å². The molecule has 1 aliphatic heterocycles. The molecule has 0 aliphatic carbocycles. The molecule has 0 aromatic heterocycles. The first kappa shape index (κ1) is 19.6. The number of hydrogen-bond acceptors (Lipinski definition) is 9. The van der Waals surface area contributed by atoms with Crippen LogP contribution >= 0.6 is 0 Å². The van der Waals surface area contributed by atoms with Gasteiger partial charge in [0.25, 0.3) is 5.69 Å². The molecule has 1 atom stereocenters. The van der Waals surface area contributed by atoms with Crippen LogP contribution < -0.4 is 20.5 Å². The number of aliphatic hydroxyl groups is 1. The van der Waals surface area contributed by atoms with E-state index >= 15 is 0 Å². The minimum absolute atomic E-state index is 0.0235. The van der Waals surface area contributed by atoms with Crippen molar-refractivity contribution < 1.29 is 29.9 Å². The largest absolute Gasteiger partial charge is 0.871 e. The summed E-state index contributed by atoms with van der Waals surface area (Å²) in [6, 6.07) is 9.36. The molecule has 0 saturated carbocycles. The Kier molecular flexibility index (Phi) is 5.04. The lowest BCUT2D eigenvalue weighted by Gasteiger charge is -2.22. The zero-order valence-corrected chi connectivity index (χ0v) is 14.4. The van der Waals surface area contributed by atoms with Crippen molar-refractivity contribution in [2.24, 2.45) is 5.92 Å². The van der Waals surface area contributed by atoms with Crippen molar-refractivity contribution in [1.82, 2.24) is 0 Å². The van der Waals surface area contributed by atoms with Crippen molar-refractivity contribution >= 4 is 34.6 Å². The Hall–Kier alpha value is -4.16. The molecule has 1 unspecified atom stereocenters. The number of nitrogens with zero attached hydrogens (tertiary/aromatic N) is 3. The molecule has 12 heteroatoms. The van der Waals surface area contributed by atoms with Gasteiger partial charge in [0, 0.05) is 17.8 Å². The third-order valence-corrected chi connectivity index (χ3v) is 4.10. The fourth-order valence-electron chi connectivity index (χ4n) is 2.68. The summed E-state index contributed by atoms with van der Waals surface area (Å²) in [7, 11) is 0. The van der Waals surface area contributed by atoms with Gasteiger partial charge in [0.15, 0.2) is 5.88 Å². The number of carbonyl (C=O) groups is 2. The number of hydrogen-bond donors (Lipinski definition) is 3. The van der Waals surface area contributed by atoms with E-state index in [2.05, 4.69) is 5.32 Å². The van der Waals surface area contributed by atoms with Gasteiger partial charge in [-0.25, -0.2) is 0 Å². The molecule has 0 spiro atoms. The number of aliphatic hydroxyl groups excluding tert-OH is 1. The number of carbonyl (C=O) groups excluding carboxylic acids is 2. The third kappa shape index (κ3) is 3.65. The summed E-state index contributed by atoms with van der Waals surface area (Å²) in [6.45, 7) is 0. The van der Waals surface area contributed by atoms with Gasteiger partial charge in [0.1, 0.15) is 5.92 Å². The average Bonchev–Trinajstić information content (AvgIpc) is 2.91. The van der Waals surface area contributed by atoms with Crippen LogP contribution in [0.4, 0.5) is 22.7 Å². The maximum atomic E-state index is 12.6. The van der Waals surface area contributed by atoms with Crippen LogP contribution in [0, 0.1) is 21.2 Å². The number of nitro groups is 1. The number of amides is 2. The zero-order chi connectivity index (χ0) is 21.3. The molecule has 0 fully saturated rings. The minimum Gasteiger partial charge on any atom is -0.871 e. The molecule has 1 aliphatic rings. The van der Waals surface area contributed by atoms with Crippen molar-refractivity contribution in [1.29, 1.82) is 0 Å². The Bertz CT molecular complexity index is 1000. The normalized spacial score (nSPS) is 16.1. The number of nitro benzene ring substituents is 1. The number of anilines is 3. The third-order valence-electron chi connectivity index (χ3n) is 4.10. The fourth-order valence-corrected chi connectivity index (χ4v) is 2.68. The Labute approximate surface area is 162 Å². The molecular formula is C17H12N4O8-2. The molecule has 0 saturated heterocycles. The summed E-state index contributed by atoms with van der Waals surface area (Å²) in [5.74, 6) is -6.04. The standard InChI is InChI=1S/C17H13N4O8/c22-14-13(15(23)18-9-1-3-11(4-2-9)20(26)27)16(24)19(17(14)25)10-5-7-12(8-6-10)21(28)29/h1-8,13,22,25-26H,(H,18,23)/q-1/p-1. The first-order valence-corrected chi connectivity index (χ1v) is 7.96. The van der Waals surface area contributed by atoms with E-state index in [1.165, 1.54) is 24.3 Å². The summed E-state index contributed by atoms with van der Waals surface area (Å²) >= 11 is 0. The second-order valence-corrected chi connectivity index (χ2v) is 5.88. The first-order chi connectivity index (χ1) is 13.7. The van der Waals surface area contributed by atoms with Crippen LogP contribution in [0.5, 0.6) is 0 Å². The van der Waals surface area contributed by atoms with Gasteiger partial charge >= 0.3 is 0 Å². The highest BCUT2D eigenvalue weighted by Crippen LogP contribution is 2.32. The highest BCUT2D eigenvalue weighted by atomic mass is 16.8. The van der Waals surface area contributed by atoms with Crippen molar-refractivity contribution in [3.63, 3.8) is 0 Å². The van der Waals surface area contributed by atoms with Crippen LogP contribution in [0.2, 0.25) is 0 Å². The highest BCUT2D eigenvalue weighted by Gasteiger charge is 2.41. The molecule has 0 bridgehead atoms. The smallest absolute Gasteiger partial charge is 0.269 e. The molecule has 2 amide bonds. The maximum absolute atomic E-state index is 12.6. The second-order valence-electron chi connectivity index (χ2n) is 5.88. The van der Waals surface area contributed by atoms with Gasteiger partial charge in [-0.05, 0) is 42.2 Å². The van der Waals surface area contributed by atoms with E-state index in [9.17, 15) is 35.1 Å². The first-order valence-electron chi connectivity index (χ1n) is 7.96. The quantitative estimate of drug-likeness (QED) is 0.374. The number of rotatable bonds is 5. The van der Waals surface area contributed by atoms with Crippen LogP contribution in [-0.4, -0.2) is 27.1 Å². The summed E-state index contributed by atoms with van der Waals surface area (Å²) in [4.78, 5) is 35.6. The van der Waals surface area contributed by atoms with Gasteiger partial charge in [0.05, 0.1) is 16.3 Å². The van der Waals surface area contributed by atoms with Crippen LogP contribution in [0.15, 0.2) is 60.2 Å². The molecule has 12 nitrogen and oxygen atoms in total. The van der Waals surface area contributed by atoms with Gasteiger partial charge in [-0.1, -0.05) is 0 Å². The molecule has 2 aromatic carbocycles. The van der Waals surface area contributed by atoms with E-state index in [0.29, 0.717) is 4.90 Å². The van der Waals surface area contributed by atoms with E-state index in [4.69, 9.17) is 5.21 Å². The topological polar surface area (TPSA) is 182 Å². The Morgan fingerprint density at radius 3 is 2.24 bits per heavy atom. The van der Waals surface area contributed by atoms with Crippen LogP contribution in [0.25, 0.3) is 0 Å². The summed E-state index contributed by atoms with van der Waals surface area (Å²) in [5, 5.41) is 54.5. The van der Waals surface area contributed by atoms with Gasteiger partial charge in [-0.2, -0.15) is 0 Å². The second kappa shape index (κ2) is 7.46. The van der Waals surface area contributed by atoms with Gasteiger partial charge in [-0.3, -0.25) is 29.8 Å². The molecule has 2 aromatic rings. The molecular weight excluding hydrogens is 388 g/mol. The molecule has 1 heterocycles.